The number of aromatic nitrogens is 1. The Morgan fingerprint density at radius 2 is 2.05 bits per heavy atom. The van der Waals surface area contributed by atoms with E-state index in [1.54, 1.807) is 0 Å². The molecule has 0 radical (unpaired) electrons. The Bertz CT molecular complexity index is 506. The van der Waals surface area contributed by atoms with Gasteiger partial charge in [-0.3, -0.25) is 9.69 Å². The lowest BCUT2D eigenvalue weighted by Gasteiger charge is -2.46. The second-order valence-electron chi connectivity index (χ2n) is 6.46. The summed E-state index contributed by atoms with van der Waals surface area (Å²) in [6.45, 7) is 4.35. The van der Waals surface area contributed by atoms with E-state index >= 15 is 0 Å². The first kappa shape index (κ1) is 14.6. The minimum absolute atomic E-state index is 0.376. The second kappa shape index (κ2) is 5.79. The number of piperidine rings is 1. The normalized spacial score (nSPS) is 30.1. The highest BCUT2D eigenvalue weighted by molar-refractivity contribution is 5.73. The molecule has 5 nitrogen and oxygen atoms in total. The fourth-order valence-corrected chi connectivity index (χ4v) is 3.99. The summed E-state index contributed by atoms with van der Waals surface area (Å²) in [5, 5.41) is 9.54. The number of carboxylic acid groups (broad SMARTS) is 1. The summed E-state index contributed by atoms with van der Waals surface area (Å²) in [4.78, 5) is 18.2. The molecule has 0 amide bonds. The van der Waals surface area contributed by atoms with Crippen LogP contribution in [-0.4, -0.2) is 33.0 Å². The Morgan fingerprint density at radius 3 is 2.71 bits per heavy atom. The average molecular weight is 292 g/mol. The summed E-state index contributed by atoms with van der Waals surface area (Å²) in [5.74, 6) is 1.42. The van der Waals surface area contributed by atoms with Crippen LogP contribution in [0.2, 0.25) is 0 Å². The molecule has 1 N–H and O–H groups in total. The molecule has 1 saturated heterocycles. The van der Waals surface area contributed by atoms with Gasteiger partial charge >= 0.3 is 5.97 Å². The molecule has 1 aliphatic heterocycles. The molecule has 2 heterocycles. The number of carboxylic acids is 1. The lowest BCUT2D eigenvalue weighted by Crippen LogP contribution is -2.54. The number of hydrogen-bond acceptors (Lipinski definition) is 4. The SMILES string of the molecule is Cc1nc(CN2C(C(=O)O)CCC3CCCCC32)oc1C. The van der Waals surface area contributed by atoms with E-state index in [1.807, 2.05) is 13.8 Å². The molecule has 3 atom stereocenters. The third-order valence-electron chi connectivity index (χ3n) is 5.18. The van der Waals surface area contributed by atoms with Crippen molar-refractivity contribution in [2.45, 2.75) is 71.0 Å². The van der Waals surface area contributed by atoms with Gasteiger partial charge in [0, 0.05) is 6.04 Å². The molecule has 1 aromatic rings. The van der Waals surface area contributed by atoms with Gasteiger partial charge in [0.25, 0.3) is 0 Å². The van der Waals surface area contributed by atoms with E-state index in [0.29, 0.717) is 24.4 Å². The van der Waals surface area contributed by atoms with Crippen molar-refractivity contribution in [3.05, 3.63) is 17.3 Å². The van der Waals surface area contributed by atoms with Gasteiger partial charge in [-0.25, -0.2) is 4.98 Å². The molecular formula is C16H24N2O3. The molecule has 1 saturated carbocycles. The number of aryl methyl sites for hydroxylation is 2. The van der Waals surface area contributed by atoms with Crippen molar-refractivity contribution in [1.82, 2.24) is 9.88 Å². The number of fused-ring (bicyclic) bond motifs is 1. The maximum Gasteiger partial charge on any atom is 0.320 e. The van der Waals surface area contributed by atoms with Crippen molar-refractivity contribution in [3.63, 3.8) is 0 Å². The van der Waals surface area contributed by atoms with Crippen LogP contribution >= 0.6 is 0 Å². The third-order valence-corrected chi connectivity index (χ3v) is 5.18. The first-order valence-corrected chi connectivity index (χ1v) is 7.97. The lowest BCUT2D eigenvalue weighted by atomic mass is 9.76. The lowest BCUT2D eigenvalue weighted by molar-refractivity contribution is -0.148. The molecule has 3 rings (SSSR count). The topological polar surface area (TPSA) is 66.6 Å². The molecule has 1 aliphatic carbocycles. The zero-order chi connectivity index (χ0) is 15.0. The van der Waals surface area contributed by atoms with E-state index in [9.17, 15) is 9.90 Å². The summed E-state index contributed by atoms with van der Waals surface area (Å²) in [6, 6.07) is -0.0158. The zero-order valence-corrected chi connectivity index (χ0v) is 12.8. The molecule has 0 spiro atoms. The molecule has 0 bridgehead atoms. The van der Waals surface area contributed by atoms with Crippen molar-refractivity contribution in [2.75, 3.05) is 0 Å². The maximum absolute atomic E-state index is 11.6. The summed E-state index contributed by atoms with van der Waals surface area (Å²) in [6.07, 6.45) is 6.61. The molecule has 2 fully saturated rings. The Kier molecular flexibility index (Phi) is 4.02. The van der Waals surface area contributed by atoms with Gasteiger partial charge in [-0.05, 0) is 45.4 Å². The monoisotopic (exact) mass is 292 g/mol. The minimum atomic E-state index is -0.709. The predicted octanol–water partition coefficient (Wildman–Crippen LogP) is 2.90. The van der Waals surface area contributed by atoms with E-state index in [4.69, 9.17) is 4.42 Å². The summed E-state index contributed by atoms with van der Waals surface area (Å²) in [7, 11) is 0. The highest BCUT2D eigenvalue weighted by Gasteiger charge is 2.41. The average Bonchev–Trinajstić information content (AvgIpc) is 2.77. The van der Waals surface area contributed by atoms with Gasteiger partial charge in [-0.15, -0.1) is 0 Å². The molecule has 1 aromatic heterocycles. The van der Waals surface area contributed by atoms with Gasteiger partial charge < -0.3 is 9.52 Å². The highest BCUT2D eigenvalue weighted by Crippen LogP contribution is 2.38. The largest absolute Gasteiger partial charge is 0.480 e. The van der Waals surface area contributed by atoms with Crippen molar-refractivity contribution in [1.29, 1.82) is 0 Å². The third kappa shape index (κ3) is 2.84. The van der Waals surface area contributed by atoms with Crippen LogP contribution in [0.4, 0.5) is 0 Å². The van der Waals surface area contributed by atoms with Gasteiger partial charge in [0.2, 0.25) is 5.89 Å². The van der Waals surface area contributed by atoms with Gasteiger partial charge in [0.05, 0.1) is 12.2 Å². The number of hydrogen-bond donors (Lipinski definition) is 1. The van der Waals surface area contributed by atoms with Crippen molar-refractivity contribution in [2.24, 2.45) is 5.92 Å². The molecule has 5 heteroatoms. The number of aliphatic carboxylic acids is 1. The number of rotatable bonds is 3. The van der Waals surface area contributed by atoms with Crippen molar-refractivity contribution < 1.29 is 14.3 Å². The van der Waals surface area contributed by atoms with Crippen LogP contribution in [0.15, 0.2) is 4.42 Å². The van der Waals surface area contributed by atoms with Crippen LogP contribution < -0.4 is 0 Å². The van der Waals surface area contributed by atoms with E-state index in [-0.39, 0.29) is 0 Å². The van der Waals surface area contributed by atoms with E-state index in [2.05, 4.69) is 9.88 Å². The fraction of sp³-hybridized carbons (Fsp3) is 0.750. The van der Waals surface area contributed by atoms with Crippen LogP contribution in [0.5, 0.6) is 0 Å². The maximum atomic E-state index is 11.6. The number of carbonyl (C=O) groups is 1. The molecule has 0 aromatic carbocycles. The molecular weight excluding hydrogens is 268 g/mol. The molecule has 3 unspecified atom stereocenters. The predicted molar refractivity (Wildman–Crippen MR) is 77.9 cm³/mol. The van der Waals surface area contributed by atoms with Crippen LogP contribution in [0.1, 0.15) is 55.9 Å². The van der Waals surface area contributed by atoms with Crippen LogP contribution in [0.25, 0.3) is 0 Å². The fourth-order valence-electron chi connectivity index (χ4n) is 3.99. The first-order chi connectivity index (χ1) is 10.1. The summed E-state index contributed by atoms with van der Waals surface area (Å²) >= 11 is 0. The summed E-state index contributed by atoms with van der Waals surface area (Å²) in [5.41, 5.74) is 0.897. The number of likely N-dealkylation sites (tertiary alicyclic amines) is 1. The van der Waals surface area contributed by atoms with Gasteiger partial charge in [0.15, 0.2) is 0 Å². The van der Waals surface area contributed by atoms with Crippen LogP contribution in [0.3, 0.4) is 0 Å². The Hall–Kier alpha value is -1.36. The van der Waals surface area contributed by atoms with Gasteiger partial charge in [-0.1, -0.05) is 12.8 Å². The van der Waals surface area contributed by atoms with Crippen LogP contribution in [-0.2, 0) is 11.3 Å². The number of oxazole rings is 1. The minimum Gasteiger partial charge on any atom is -0.480 e. The van der Waals surface area contributed by atoms with Crippen LogP contribution in [0, 0.1) is 19.8 Å². The molecule has 2 aliphatic rings. The molecule has 116 valence electrons. The molecule has 21 heavy (non-hydrogen) atoms. The quantitative estimate of drug-likeness (QED) is 0.928. The van der Waals surface area contributed by atoms with E-state index in [1.165, 1.54) is 19.3 Å². The highest BCUT2D eigenvalue weighted by atomic mass is 16.4. The standard InChI is InChI=1S/C16H24N2O3/c1-10-11(2)21-15(17-10)9-18-13-6-4-3-5-12(13)7-8-14(18)16(19)20/h12-14H,3-9H2,1-2H3,(H,19,20). The number of nitrogens with zero attached hydrogens (tertiary/aromatic N) is 2. The smallest absolute Gasteiger partial charge is 0.320 e. The van der Waals surface area contributed by atoms with Gasteiger partial charge in [0.1, 0.15) is 11.8 Å². The Labute approximate surface area is 125 Å². The van der Waals surface area contributed by atoms with Crippen molar-refractivity contribution in [3.8, 4) is 0 Å². The van der Waals surface area contributed by atoms with Crippen molar-refractivity contribution >= 4 is 5.97 Å². The van der Waals surface area contributed by atoms with E-state index in [0.717, 1.165) is 30.7 Å². The van der Waals surface area contributed by atoms with Gasteiger partial charge in [-0.2, -0.15) is 0 Å². The Morgan fingerprint density at radius 1 is 1.29 bits per heavy atom. The van der Waals surface area contributed by atoms with E-state index < -0.39 is 12.0 Å². The Balaban J connectivity index is 1.83. The summed E-state index contributed by atoms with van der Waals surface area (Å²) < 4.78 is 5.68. The zero-order valence-electron chi connectivity index (χ0n) is 12.8. The first-order valence-electron chi connectivity index (χ1n) is 7.97. The second-order valence-corrected chi connectivity index (χ2v) is 6.46.